The lowest BCUT2D eigenvalue weighted by molar-refractivity contribution is -0.136. The van der Waals surface area contributed by atoms with Gasteiger partial charge >= 0.3 is 0 Å². The largest absolute Gasteiger partial charge is 0.369 e. The van der Waals surface area contributed by atoms with Crippen molar-refractivity contribution >= 4 is 40.7 Å². The highest BCUT2D eigenvalue weighted by Crippen LogP contribution is 2.29. The number of allylic oxidation sites excluding steroid dienone is 1. The zero-order valence-electron chi connectivity index (χ0n) is 20.9. The molecule has 0 spiro atoms. The summed E-state index contributed by atoms with van der Waals surface area (Å²) in [4.78, 5) is 45.6. The van der Waals surface area contributed by atoms with E-state index in [1.807, 2.05) is 50.2 Å². The Morgan fingerprint density at radius 3 is 2.44 bits per heavy atom. The fourth-order valence-corrected chi connectivity index (χ4v) is 4.62. The Kier molecular flexibility index (Phi) is 9.04. The molecule has 3 amide bonds. The van der Waals surface area contributed by atoms with Gasteiger partial charge in [0.1, 0.15) is 0 Å². The number of benzodiazepines with no additional fused rings is 1. The second-order valence-corrected chi connectivity index (χ2v) is 9.86. The number of nitrogens with zero attached hydrogens (tertiary/aromatic N) is 2. The van der Waals surface area contributed by atoms with Crippen LogP contribution in [0.4, 0.5) is 5.69 Å². The van der Waals surface area contributed by atoms with Gasteiger partial charge in [0.25, 0.3) is 5.91 Å². The van der Waals surface area contributed by atoms with Crippen molar-refractivity contribution in [3.63, 3.8) is 0 Å². The Bertz CT molecular complexity index is 1160. The van der Waals surface area contributed by atoms with Crippen molar-refractivity contribution in [2.45, 2.75) is 39.3 Å². The number of hydrogen-bond donors (Lipinski definition) is 2. The number of nitrogens with two attached hydrogens (primary N) is 1. The van der Waals surface area contributed by atoms with Crippen molar-refractivity contribution in [3.8, 4) is 0 Å². The molecular formula is C28H33ClN4O3. The Morgan fingerprint density at radius 1 is 1.17 bits per heavy atom. The van der Waals surface area contributed by atoms with Gasteiger partial charge in [-0.05, 0) is 43.4 Å². The molecule has 3 N–H and O–H groups in total. The maximum absolute atomic E-state index is 13.6. The molecule has 0 fully saturated rings. The van der Waals surface area contributed by atoms with Crippen LogP contribution >= 0.6 is 11.6 Å². The number of halogens is 1. The molecule has 36 heavy (non-hydrogen) atoms. The molecule has 0 aliphatic carbocycles. The number of rotatable bonds is 10. The average Bonchev–Trinajstić information content (AvgIpc) is 2.94. The van der Waals surface area contributed by atoms with E-state index in [9.17, 15) is 14.4 Å². The second-order valence-electron chi connectivity index (χ2n) is 9.42. The third-order valence-corrected chi connectivity index (χ3v) is 6.59. The summed E-state index contributed by atoms with van der Waals surface area (Å²) in [6.07, 6.45) is 1.93. The summed E-state index contributed by atoms with van der Waals surface area (Å²) >= 11 is 6.09. The molecule has 0 unspecified atom stereocenters. The van der Waals surface area contributed by atoms with Crippen LogP contribution in [0.25, 0.3) is 0 Å². The molecule has 0 saturated heterocycles. The Hall–Kier alpha value is -3.45. The van der Waals surface area contributed by atoms with Crippen LogP contribution in [0, 0.1) is 17.8 Å². The third kappa shape index (κ3) is 6.21. The smallest absolute Gasteiger partial charge is 0.272 e. The average molecular weight is 509 g/mol. The van der Waals surface area contributed by atoms with Crippen LogP contribution in [-0.2, 0) is 14.4 Å². The summed E-state index contributed by atoms with van der Waals surface area (Å²) in [7, 11) is 1.66. The van der Waals surface area contributed by atoms with E-state index in [1.165, 1.54) is 4.90 Å². The maximum Gasteiger partial charge on any atom is 0.272 e. The topological polar surface area (TPSA) is 105 Å². The number of aliphatic imine (C=N–C) groups is 1. The molecule has 0 aromatic heterocycles. The van der Waals surface area contributed by atoms with Gasteiger partial charge in [0, 0.05) is 35.0 Å². The lowest BCUT2D eigenvalue weighted by atomic mass is 9.81. The number of hydrogen-bond acceptors (Lipinski definition) is 4. The summed E-state index contributed by atoms with van der Waals surface area (Å²) in [5.74, 6) is -2.59. The maximum atomic E-state index is 13.6. The number of para-hydroxylation sites is 1. The van der Waals surface area contributed by atoms with Gasteiger partial charge in [-0.1, -0.05) is 61.9 Å². The number of nitrogens with one attached hydrogen (secondary N) is 1. The van der Waals surface area contributed by atoms with Gasteiger partial charge in [0.15, 0.2) is 0 Å². The lowest BCUT2D eigenvalue weighted by Crippen LogP contribution is -2.50. The first kappa shape index (κ1) is 27.1. The predicted molar refractivity (Wildman–Crippen MR) is 144 cm³/mol. The molecule has 2 aromatic carbocycles. The predicted octanol–water partition coefficient (Wildman–Crippen LogP) is 4.33. The third-order valence-electron chi connectivity index (χ3n) is 6.33. The van der Waals surface area contributed by atoms with Gasteiger partial charge in [0.05, 0.1) is 11.4 Å². The van der Waals surface area contributed by atoms with Crippen LogP contribution in [0.5, 0.6) is 0 Å². The Labute approximate surface area is 217 Å². The molecule has 1 heterocycles. The molecule has 3 rings (SSSR count). The van der Waals surface area contributed by atoms with Crippen LogP contribution in [0.2, 0.25) is 5.02 Å². The summed E-state index contributed by atoms with van der Waals surface area (Å²) in [6, 6.07) is 14.6. The number of primary amides is 1. The number of benzene rings is 2. The fraction of sp³-hybridized carbons (Fsp3) is 0.357. The summed E-state index contributed by atoms with van der Waals surface area (Å²) < 4.78 is 0. The van der Waals surface area contributed by atoms with Crippen LogP contribution in [0.1, 0.15) is 44.2 Å². The number of amides is 3. The highest BCUT2D eigenvalue weighted by Gasteiger charge is 2.36. The van der Waals surface area contributed by atoms with Crippen molar-refractivity contribution in [2.24, 2.45) is 28.5 Å². The van der Waals surface area contributed by atoms with Crippen molar-refractivity contribution in [1.29, 1.82) is 0 Å². The minimum atomic E-state index is -1.18. The van der Waals surface area contributed by atoms with E-state index in [4.69, 9.17) is 22.3 Å². The van der Waals surface area contributed by atoms with Crippen LogP contribution in [-0.4, -0.2) is 36.6 Å². The van der Waals surface area contributed by atoms with Crippen molar-refractivity contribution in [2.75, 3.05) is 11.9 Å². The Morgan fingerprint density at radius 2 is 1.83 bits per heavy atom. The number of fused-ring (bicyclic) bond motifs is 1. The van der Waals surface area contributed by atoms with Crippen molar-refractivity contribution in [3.05, 3.63) is 77.3 Å². The van der Waals surface area contributed by atoms with Gasteiger partial charge in [0.2, 0.25) is 18.0 Å². The minimum absolute atomic E-state index is 0.135. The summed E-state index contributed by atoms with van der Waals surface area (Å²) in [5, 5.41) is 3.40. The highest BCUT2D eigenvalue weighted by atomic mass is 35.5. The van der Waals surface area contributed by atoms with Crippen LogP contribution in [0.15, 0.2) is 66.2 Å². The summed E-state index contributed by atoms with van der Waals surface area (Å²) in [6.45, 7) is 7.66. The Balaban J connectivity index is 2.03. The van der Waals surface area contributed by atoms with E-state index in [1.54, 1.807) is 25.3 Å². The quantitative estimate of drug-likeness (QED) is 0.467. The second kappa shape index (κ2) is 12.0. The van der Waals surface area contributed by atoms with Gasteiger partial charge in [-0.25, -0.2) is 4.99 Å². The number of carbonyl (C=O) groups excluding carboxylic acids is 3. The molecule has 3 atom stereocenters. The summed E-state index contributed by atoms with van der Waals surface area (Å²) in [5.41, 5.74) is 8.45. The van der Waals surface area contributed by atoms with E-state index in [-0.39, 0.29) is 11.8 Å². The van der Waals surface area contributed by atoms with Gasteiger partial charge in [-0.2, -0.15) is 0 Å². The zero-order chi connectivity index (χ0) is 26.4. The van der Waals surface area contributed by atoms with E-state index in [2.05, 4.69) is 11.9 Å². The van der Waals surface area contributed by atoms with E-state index in [0.29, 0.717) is 35.7 Å². The van der Waals surface area contributed by atoms with Crippen LogP contribution in [0.3, 0.4) is 0 Å². The van der Waals surface area contributed by atoms with Gasteiger partial charge < -0.3 is 16.0 Å². The fourth-order valence-electron chi connectivity index (χ4n) is 4.50. The number of anilines is 1. The number of likely N-dealkylation sites (N-methyl/N-ethyl adjacent to an activating group) is 1. The SMILES string of the molecule is C=CCC[C@H](C(N)=O)[C@@H](CC(C)C)C(=O)N[C@H]1N=C(c2ccc(Cl)cc2)c2ccccc2N(C)C1=O. The van der Waals surface area contributed by atoms with Gasteiger partial charge in [-0.15, -0.1) is 6.58 Å². The molecule has 7 nitrogen and oxygen atoms in total. The molecular weight excluding hydrogens is 476 g/mol. The molecule has 2 aromatic rings. The molecule has 8 heteroatoms. The monoisotopic (exact) mass is 508 g/mol. The van der Waals surface area contributed by atoms with Crippen LogP contribution < -0.4 is 16.0 Å². The minimum Gasteiger partial charge on any atom is -0.369 e. The highest BCUT2D eigenvalue weighted by molar-refractivity contribution is 6.30. The number of carbonyl (C=O) groups is 3. The standard InChI is InChI=1S/C28H33ClN4O3/c1-5-6-9-20(25(30)34)22(16-17(2)3)27(35)32-26-28(36)33(4)23-11-8-7-10-21(23)24(31-26)18-12-14-19(29)15-13-18/h5,7-8,10-15,17,20,22,26H,1,6,9,16H2,2-4H3,(H2,30,34)(H,32,35)/t20-,22+,26+/m0/s1. The molecule has 0 radical (unpaired) electrons. The van der Waals surface area contributed by atoms with E-state index >= 15 is 0 Å². The van der Waals surface area contributed by atoms with Gasteiger partial charge in [-0.3, -0.25) is 14.4 Å². The first-order chi connectivity index (χ1) is 17.1. The molecule has 0 saturated carbocycles. The molecule has 190 valence electrons. The van der Waals surface area contributed by atoms with E-state index < -0.39 is 29.8 Å². The molecule has 0 bridgehead atoms. The lowest BCUT2D eigenvalue weighted by Gasteiger charge is -2.27. The molecule has 1 aliphatic rings. The first-order valence-electron chi connectivity index (χ1n) is 12.0. The van der Waals surface area contributed by atoms with E-state index in [0.717, 1.165) is 11.1 Å². The normalized spacial score (nSPS) is 17.0. The molecule has 1 aliphatic heterocycles. The first-order valence-corrected chi connectivity index (χ1v) is 12.4. The van der Waals surface area contributed by atoms with Crippen molar-refractivity contribution < 1.29 is 14.4 Å². The zero-order valence-corrected chi connectivity index (χ0v) is 21.7. The van der Waals surface area contributed by atoms with Crippen molar-refractivity contribution in [1.82, 2.24) is 5.32 Å².